The van der Waals surface area contributed by atoms with Crippen LogP contribution < -0.4 is 0 Å². The molecule has 0 heterocycles. The van der Waals surface area contributed by atoms with Crippen LogP contribution in [0.4, 0.5) is 0 Å². The highest BCUT2D eigenvalue weighted by atomic mass is 16.1. The average Bonchev–Trinajstić information content (AvgIpc) is 3.00. The Morgan fingerprint density at radius 2 is 1.81 bits per heavy atom. The highest BCUT2D eigenvalue weighted by Gasteiger charge is 2.12. The summed E-state index contributed by atoms with van der Waals surface area (Å²) in [4.78, 5) is 12.2. The molecule has 2 heteroatoms. The number of fused-ring (bicyclic) bond motifs is 1. The largest absolute Gasteiger partial charge is 0.289 e. The minimum Gasteiger partial charge on any atom is -0.289 e. The first kappa shape index (κ1) is 13.3. The maximum Gasteiger partial charge on any atom is 0.185 e. The van der Waals surface area contributed by atoms with Gasteiger partial charge in [0.25, 0.3) is 0 Å². The average molecular weight is 273 g/mol. The number of ketones is 1. The number of nitriles is 1. The van der Waals surface area contributed by atoms with Gasteiger partial charge in [-0.1, -0.05) is 30.3 Å². The Morgan fingerprint density at radius 3 is 2.57 bits per heavy atom. The van der Waals surface area contributed by atoms with Crippen LogP contribution in [-0.2, 0) is 12.8 Å². The van der Waals surface area contributed by atoms with Gasteiger partial charge in [-0.05, 0) is 60.2 Å². The van der Waals surface area contributed by atoms with Gasteiger partial charge in [0.2, 0.25) is 0 Å². The third-order valence-electron chi connectivity index (χ3n) is 3.85. The Hall–Kier alpha value is -2.66. The molecule has 0 saturated heterocycles. The van der Waals surface area contributed by atoms with E-state index in [9.17, 15) is 4.79 Å². The maximum atomic E-state index is 12.2. The van der Waals surface area contributed by atoms with Crippen LogP contribution in [0.2, 0.25) is 0 Å². The summed E-state index contributed by atoms with van der Waals surface area (Å²) in [5, 5.41) is 8.75. The minimum atomic E-state index is 0.0223. The number of aryl methyl sites for hydroxylation is 2. The summed E-state index contributed by atoms with van der Waals surface area (Å²) in [6, 6.07) is 15.3. The fourth-order valence-corrected chi connectivity index (χ4v) is 2.66. The second kappa shape index (κ2) is 5.76. The summed E-state index contributed by atoms with van der Waals surface area (Å²) in [6.45, 7) is 0. The van der Waals surface area contributed by atoms with E-state index in [1.165, 1.54) is 17.5 Å². The molecule has 3 rings (SSSR count). The van der Waals surface area contributed by atoms with Gasteiger partial charge in [0, 0.05) is 5.56 Å². The lowest BCUT2D eigenvalue weighted by molar-refractivity contribution is 0.104. The predicted molar refractivity (Wildman–Crippen MR) is 83.0 cm³/mol. The molecule has 2 aromatic carbocycles. The summed E-state index contributed by atoms with van der Waals surface area (Å²) in [5.41, 5.74) is 4.98. The van der Waals surface area contributed by atoms with Crippen LogP contribution in [0.15, 0.2) is 48.5 Å². The van der Waals surface area contributed by atoms with Crippen LogP contribution in [0.1, 0.15) is 39.0 Å². The van der Waals surface area contributed by atoms with E-state index in [4.69, 9.17) is 5.26 Å². The van der Waals surface area contributed by atoms with Gasteiger partial charge in [0.15, 0.2) is 5.78 Å². The zero-order chi connectivity index (χ0) is 14.7. The molecule has 0 fully saturated rings. The molecule has 1 aliphatic rings. The summed E-state index contributed by atoms with van der Waals surface area (Å²) in [6.07, 6.45) is 6.78. The maximum absolute atomic E-state index is 12.2. The van der Waals surface area contributed by atoms with E-state index in [-0.39, 0.29) is 5.78 Å². The van der Waals surface area contributed by atoms with E-state index in [0.29, 0.717) is 5.56 Å². The van der Waals surface area contributed by atoms with Crippen LogP contribution in [0.25, 0.3) is 6.08 Å². The van der Waals surface area contributed by atoms with Crippen LogP contribution in [0, 0.1) is 11.3 Å². The molecule has 0 N–H and O–H groups in total. The molecule has 0 saturated carbocycles. The van der Waals surface area contributed by atoms with Crippen molar-refractivity contribution in [2.75, 3.05) is 0 Å². The molecule has 21 heavy (non-hydrogen) atoms. The first-order valence-electron chi connectivity index (χ1n) is 7.10. The van der Waals surface area contributed by atoms with Gasteiger partial charge in [0.1, 0.15) is 0 Å². The van der Waals surface area contributed by atoms with Gasteiger partial charge in [0.05, 0.1) is 11.6 Å². The zero-order valence-corrected chi connectivity index (χ0v) is 11.7. The number of carbonyl (C=O) groups excluding carboxylic acids is 1. The standard InChI is InChI=1S/C19H15NO/c20-13-15-6-4-14(5-7-15)8-11-19(21)18-10-9-16-2-1-3-17(16)12-18/h4-12H,1-3H2/b11-8+. The van der Waals surface area contributed by atoms with Crippen LogP contribution in [0.5, 0.6) is 0 Å². The van der Waals surface area contributed by atoms with Crippen molar-refractivity contribution in [1.29, 1.82) is 5.26 Å². The molecule has 0 atom stereocenters. The van der Waals surface area contributed by atoms with E-state index in [2.05, 4.69) is 12.1 Å². The first-order valence-corrected chi connectivity index (χ1v) is 7.10. The van der Waals surface area contributed by atoms with E-state index in [1.807, 2.05) is 24.3 Å². The van der Waals surface area contributed by atoms with Crippen molar-refractivity contribution < 1.29 is 4.79 Å². The highest BCUT2D eigenvalue weighted by Crippen LogP contribution is 2.23. The smallest absolute Gasteiger partial charge is 0.185 e. The monoisotopic (exact) mass is 273 g/mol. The van der Waals surface area contributed by atoms with Crippen molar-refractivity contribution in [3.8, 4) is 6.07 Å². The second-order valence-electron chi connectivity index (χ2n) is 5.27. The summed E-state index contributed by atoms with van der Waals surface area (Å²) in [5.74, 6) is 0.0223. The number of hydrogen-bond donors (Lipinski definition) is 0. The Morgan fingerprint density at radius 1 is 1.05 bits per heavy atom. The van der Waals surface area contributed by atoms with Crippen molar-refractivity contribution in [3.05, 3.63) is 76.4 Å². The SMILES string of the molecule is N#Cc1ccc(/C=C/C(=O)c2ccc3c(c2)CCC3)cc1. The fourth-order valence-electron chi connectivity index (χ4n) is 2.66. The molecule has 2 nitrogen and oxygen atoms in total. The molecule has 102 valence electrons. The Kier molecular flexibility index (Phi) is 3.66. The quantitative estimate of drug-likeness (QED) is 0.627. The van der Waals surface area contributed by atoms with Crippen molar-refractivity contribution in [1.82, 2.24) is 0 Å². The normalized spacial score (nSPS) is 13.1. The van der Waals surface area contributed by atoms with E-state index < -0.39 is 0 Å². The van der Waals surface area contributed by atoms with Gasteiger partial charge < -0.3 is 0 Å². The van der Waals surface area contributed by atoms with Crippen molar-refractivity contribution >= 4 is 11.9 Å². The predicted octanol–water partition coefficient (Wildman–Crippen LogP) is 3.94. The van der Waals surface area contributed by atoms with E-state index in [1.54, 1.807) is 24.3 Å². The second-order valence-corrected chi connectivity index (χ2v) is 5.27. The van der Waals surface area contributed by atoms with Crippen molar-refractivity contribution in [2.24, 2.45) is 0 Å². The van der Waals surface area contributed by atoms with Crippen molar-refractivity contribution in [2.45, 2.75) is 19.3 Å². The summed E-state index contributed by atoms with van der Waals surface area (Å²) >= 11 is 0. The topological polar surface area (TPSA) is 40.9 Å². The Labute approximate surface area is 124 Å². The molecule has 0 unspecified atom stereocenters. The van der Waals surface area contributed by atoms with Gasteiger partial charge in [-0.15, -0.1) is 0 Å². The fraction of sp³-hybridized carbons (Fsp3) is 0.158. The number of hydrogen-bond acceptors (Lipinski definition) is 2. The molecule has 1 aliphatic carbocycles. The van der Waals surface area contributed by atoms with E-state index >= 15 is 0 Å². The van der Waals surface area contributed by atoms with Crippen LogP contribution in [-0.4, -0.2) is 5.78 Å². The van der Waals surface area contributed by atoms with Gasteiger partial charge in [-0.25, -0.2) is 0 Å². The molecule has 0 spiro atoms. The molecule has 0 aromatic heterocycles. The summed E-state index contributed by atoms with van der Waals surface area (Å²) in [7, 11) is 0. The molecule has 0 aliphatic heterocycles. The Balaban J connectivity index is 1.76. The third-order valence-corrected chi connectivity index (χ3v) is 3.85. The van der Waals surface area contributed by atoms with Gasteiger partial charge >= 0.3 is 0 Å². The highest BCUT2D eigenvalue weighted by molar-refractivity contribution is 6.07. The lowest BCUT2D eigenvalue weighted by Crippen LogP contribution is -1.96. The zero-order valence-electron chi connectivity index (χ0n) is 11.7. The van der Waals surface area contributed by atoms with Crippen LogP contribution in [0.3, 0.4) is 0 Å². The lowest BCUT2D eigenvalue weighted by atomic mass is 10.0. The number of rotatable bonds is 3. The van der Waals surface area contributed by atoms with E-state index in [0.717, 1.165) is 24.0 Å². The number of carbonyl (C=O) groups is 1. The first-order chi connectivity index (χ1) is 10.3. The molecule has 0 amide bonds. The summed E-state index contributed by atoms with van der Waals surface area (Å²) < 4.78 is 0. The Bertz CT molecular complexity index is 748. The minimum absolute atomic E-state index is 0.0223. The number of benzene rings is 2. The third kappa shape index (κ3) is 2.93. The van der Waals surface area contributed by atoms with Gasteiger partial charge in [-0.2, -0.15) is 5.26 Å². The van der Waals surface area contributed by atoms with Crippen LogP contribution >= 0.6 is 0 Å². The van der Waals surface area contributed by atoms with Crippen molar-refractivity contribution in [3.63, 3.8) is 0 Å². The number of allylic oxidation sites excluding steroid dienone is 1. The molecular formula is C19H15NO. The van der Waals surface area contributed by atoms with Gasteiger partial charge in [-0.3, -0.25) is 4.79 Å². The molecule has 2 aromatic rings. The molecule has 0 radical (unpaired) electrons. The molecule has 0 bridgehead atoms. The lowest BCUT2D eigenvalue weighted by Gasteiger charge is -2.01. The number of nitrogens with zero attached hydrogens (tertiary/aromatic N) is 1. The molecular weight excluding hydrogens is 258 g/mol.